The van der Waals surface area contributed by atoms with Crippen LogP contribution in [0.3, 0.4) is 0 Å². The number of alkyl halides is 3. The molecule has 0 aliphatic rings. The summed E-state index contributed by atoms with van der Waals surface area (Å²) in [6, 6.07) is 6.91. The highest BCUT2D eigenvalue weighted by Gasteiger charge is 2.38. The molecule has 0 bridgehead atoms. The monoisotopic (exact) mass is 309 g/mol. The number of amides is 1. The van der Waals surface area contributed by atoms with Crippen molar-refractivity contribution >= 4 is 17.7 Å². The van der Waals surface area contributed by atoms with E-state index in [4.69, 9.17) is 9.84 Å². The Kier molecular flexibility index (Phi) is 6.15. The minimum absolute atomic E-state index is 0.0308. The number of carbonyl (C=O) groups excluding carboxylic acids is 1. The number of hydrogen-bond donors (Lipinski definition) is 2. The normalized spacial score (nSPS) is 12.8. The summed E-state index contributed by atoms with van der Waals surface area (Å²) in [5, 5.41) is 10.7. The van der Waals surface area contributed by atoms with Gasteiger partial charge in [0.15, 0.2) is 6.10 Å². The average molecular weight is 309 g/mol. The summed E-state index contributed by atoms with van der Waals surface area (Å²) in [6.45, 7) is -0.842. The first-order valence-corrected chi connectivity index (χ1v) is 6.60. The van der Waals surface area contributed by atoms with E-state index in [9.17, 15) is 18.0 Å². The predicted octanol–water partition coefficient (Wildman–Crippen LogP) is 1.83. The van der Waals surface area contributed by atoms with E-state index in [1.165, 1.54) is 18.9 Å². The molecule has 1 rings (SSSR count). The van der Waals surface area contributed by atoms with E-state index < -0.39 is 24.7 Å². The van der Waals surface area contributed by atoms with Crippen LogP contribution in [0.25, 0.3) is 0 Å². The zero-order valence-electron chi connectivity index (χ0n) is 10.6. The molecule has 1 aromatic carbocycles. The van der Waals surface area contributed by atoms with Gasteiger partial charge in [-0.2, -0.15) is 13.2 Å². The molecule has 0 saturated carbocycles. The van der Waals surface area contributed by atoms with Gasteiger partial charge in [0.1, 0.15) is 5.75 Å². The minimum atomic E-state index is -4.73. The Morgan fingerprint density at radius 2 is 2.00 bits per heavy atom. The highest BCUT2D eigenvalue weighted by atomic mass is 32.2. The maximum atomic E-state index is 12.0. The average Bonchev–Trinajstić information content (AvgIpc) is 2.41. The molecule has 112 valence electrons. The second-order valence-electron chi connectivity index (χ2n) is 3.83. The third kappa shape index (κ3) is 5.70. The van der Waals surface area contributed by atoms with E-state index in [0.717, 1.165) is 4.90 Å². The van der Waals surface area contributed by atoms with E-state index >= 15 is 0 Å². The standard InChI is InChI=1S/C12H14F3NO3S/c1-19-8-2-4-9(5-3-8)20-7-11(18)16-6-10(17)12(13,14)15/h2-5,10,17H,6-7H2,1H3,(H,16,18). The summed E-state index contributed by atoms with van der Waals surface area (Å²) in [5.41, 5.74) is 0. The lowest BCUT2D eigenvalue weighted by Gasteiger charge is -2.14. The molecule has 0 spiro atoms. The molecule has 1 aromatic rings. The molecule has 0 aromatic heterocycles. The second-order valence-corrected chi connectivity index (χ2v) is 4.87. The van der Waals surface area contributed by atoms with E-state index in [0.29, 0.717) is 5.75 Å². The van der Waals surface area contributed by atoms with Crippen LogP contribution in [0.1, 0.15) is 0 Å². The second kappa shape index (κ2) is 7.39. The summed E-state index contributed by atoms with van der Waals surface area (Å²) in [7, 11) is 1.53. The van der Waals surface area contributed by atoms with Gasteiger partial charge in [-0.1, -0.05) is 0 Å². The Labute approximate surface area is 118 Å². The van der Waals surface area contributed by atoms with Crippen LogP contribution >= 0.6 is 11.8 Å². The molecule has 0 saturated heterocycles. The number of aliphatic hydroxyl groups excluding tert-OH is 1. The third-order valence-electron chi connectivity index (χ3n) is 2.30. The predicted molar refractivity (Wildman–Crippen MR) is 68.8 cm³/mol. The minimum Gasteiger partial charge on any atom is -0.497 e. The van der Waals surface area contributed by atoms with Crippen molar-refractivity contribution in [2.75, 3.05) is 19.4 Å². The fourth-order valence-electron chi connectivity index (χ4n) is 1.20. The van der Waals surface area contributed by atoms with Gasteiger partial charge in [0.2, 0.25) is 5.91 Å². The van der Waals surface area contributed by atoms with Gasteiger partial charge in [-0.3, -0.25) is 4.79 Å². The Balaban J connectivity index is 2.32. The fourth-order valence-corrected chi connectivity index (χ4v) is 1.93. The van der Waals surface area contributed by atoms with Gasteiger partial charge >= 0.3 is 6.18 Å². The van der Waals surface area contributed by atoms with Crippen LogP contribution in [0.15, 0.2) is 29.2 Å². The van der Waals surface area contributed by atoms with Crippen LogP contribution < -0.4 is 10.1 Å². The maximum Gasteiger partial charge on any atom is 0.416 e. The quantitative estimate of drug-likeness (QED) is 0.787. The van der Waals surface area contributed by atoms with Crippen LogP contribution in [0.4, 0.5) is 13.2 Å². The number of benzene rings is 1. The molecule has 0 heterocycles. The van der Waals surface area contributed by atoms with E-state index in [2.05, 4.69) is 0 Å². The third-order valence-corrected chi connectivity index (χ3v) is 3.31. The Morgan fingerprint density at radius 3 is 2.50 bits per heavy atom. The SMILES string of the molecule is COc1ccc(SCC(=O)NCC(O)C(F)(F)F)cc1. The number of ether oxygens (including phenoxy) is 1. The number of halogens is 3. The van der Waals surface area contributed by atoms with Crippen molar-refractivity contribution < 1.29 is 27.8 Å². The number of thioether (sulfide) groups is 1. The summed E-state index contributed by atoms with van der Waals surface area (Å²) in [4.78, 5) is 12.1. The van der Waals surface area contributed by atoms with Crippen LogP contribution in [0.5, 0.6) is 5.75 Å². The van der Waals surface area contributed by atoms with Gasteiger partial charge in [-0.25, -0.2) is 0 Å². The lowest BCUT2D eigenvalue weighted by Crippen LogP contribution is -2.41. The molecule has 8 heteroatoms. The molecule has 0 aliphatic heterocycles. The van der Waals surface area contributed by atoms with Crippen molar-refractivity contribution in [2.45, 2.75) is 17.2 Å². The summed E-state index contributed by atoms with van der Waals surface area (Å²) in [6.07, 6.45) is -7.27. The van der Waals surface area contributed by atoms with Crippen LogP contribution in [0, 0.1) is 0 Å². The molecule has 20 heavy (non-hydrogen) atoms. The van der Waals surface area contributed by atoms with Gasteiger partial charge in [0.25, 0.3) is 0 Å². The van der Waals surface area contributed by atoms with Crippen molar-refractivity contribution in [1.82, 2.24) is 5.32 Å². The topological polar surface area (TPSA) is 58.6 Å². The first-order valence-electron chi connectivity index (χ1n) is 5.61. The summed E-state index contributed by atoms with van der Waals surface area (Å²) in [5.74, 6) is 0.0675. The number of methoxy groups -OCH3 is 1. The fraction of sp³-hybridized carbons (Fsp3) is 0.417. The molecule has 0 radical (unpaired) electrons. The number of aliphatic hydroxyl groups is 1. The highest BCUT2D eigenvalue weighted by molar-refractivity contribution is 8.00. The van der Waals surface area contributed by atoms with E-state index in [1.807, 2.05) is 5.32 Å². The molecule has 0 fully saturated rings. The molecule has 2 N–H and O–H groups in total. The molecule has 1 atom stereocenters. The van der Waals surface area contributed by atoms with Gasteiger partial charge in [-0.05, 0) is 24.3 Å². The van der Waals surface area contributed by atoms with Gasteiger partial charge < -0.3 is 15.2 Å². The highest BCUT2D eigenvalue weighted by Crippen LogP contribution is 2.21. The molecular weight excluding hydrogens is 295 g/mol. The largest absolute Gasteiger partial charge is 0.497 e. The van der Waals surface area contributed by atoms with Crippen molar-refractivity contribution in [3.63, 3.8) is 0 Å². The number of hydrogen-bond acceptors (Lipinski definition) is 4. The Bertz CT molecular complexity index is 437. The van der Waals surface area contributed by atoms with Crippen LogP contribution in [-0.4, -0.2) is 42.7 Å². The zero-order valence-corrected chi connectivity index (χ0v) is 11.4. The zero-order chi connectivity index (χ0) is 15.2. The molecular formula is C12H14F3NO3S. The smallest absolute Gasteiger partial charge is 0.416 e. The van der Waals surface area contributed by atoms with Gasteiger partial charge in [-0.15, -0.1) is 11.8 Å². The molecule has 1 unspecified atom stereocenters. The lowest BCUT2D eigenvalue weighted by molar-refractivity contribution is -0.201. The van der Waals surface area contributed by atoms with Gasteiger partial charge in [0.05, 0.1) is 19.4 Å². The van der Waals surface area contributed by atoms with Crippen LogP contribution in [-0.2, 0) is 4.79 Å². The van der Waals surface area contributed by atoms with Crippen LogP contribution in [0.2, 0.25) is 0 Å². The number of nitrogens with one attached hydrogen (secondary N) is 1. The summed E-state index contributed by atoms with van der Waals surface area (Å²) >= 11 is 1.18. The molecule has 4 nitrogen and oxygen atoms in total. The van der Waals surface area contributed by atoms with Gasteiger partial charge in [0, 0.05) is 4.90 Å². The van der Waals surface area contributed by atoms with E-state index in [-0.39, 0.29) is 5.75 Å². The summed E-state index contributed by atoms with van der Waals surface area (Å²) < 4.78 is 41.0. The molecule has 1 amide bonds. The number of carbonyl (C=O) groups is 1. The van der Waals surface area contributed by atoms with Crippen molar-refractivity contribution in [1.29, 1.82) is 0 Å². The molecule has 0 aliphatic carbocycles. The maximum absolute atomic E-state index is 12.0. The van der Waals surface area contributed by atoms with Crippen molar-refractivity contribution in [2.24, 2.45) is 0 Å². The lowest BCUT2D eigenvalue weighted by atomic mass is 10.3. The van der Waals surface area contributed by atoms with Crippen molar-refractivity contribution in [3.05, 3.63) is 24.3 Å². The first-order chi connectivity index (χ1) is 9.32. The first kappa shape index (κ1) is 16.6. The van der Waals surface area contributed by atoms with E-state index in [1.54, 1.807) is 24.3 Å². The number of rotatable bonds is 6. The Hall–Kier alpha value is -1.41. The Morgan fingerprint density at radius 1 is 1.40 bits per heavy atom. The van der Waals surface area contributed by atoms with Crippen molar-refractivity contribution in [3.8, 4) is 5.75 Å².